The minimum atomic E-state index is -3.45. The number of benzene rings is 2. The molecule has 1 unspecified atom stereocenters. The lowest BCUT2D eigenvalue weighted by Gasteiger charge is -2.14. The summed E-state index contributed by atoms with van der Waals surface area (Å²) in [5, 5.41) is 0. The monoisotopic (exact) mass is 353 g/mol. The molecule has 0 saturated carbocycles. The van der Waals surface area contributed by atoms with E-state index in [-0.39, 0.29) is 6.04 Å². The predicted octanol–water partition coefficient (Wildman–Crippen LogP) is 3.36. The molecule has 106 valence electrons. The maximum Gasteiger partial charge on any atom is 0.240 e. The molecule has 0 spiro atoms. The Kier molecular flexibility index (Phi) is 4.96. The zero-order chi connectivity index (χ0) is 14.6. The standard InChI is InChI=1S/C15H16BrNO2S/c1-12(11-13-7-9-14(16)10-8-13)17-20(18,19)15-5-3-2-4-6-15/h2-10,12,17H,11H2,1H3. The Balaban J connectivity index is 2.04. The third-order valence-electron chi connectivity index (χ3n) is 2.86. The molecule has 2 aromatic rings. The van der Waals surface area contributed by atoms with Gasteiger partial charge in [0, 0.05) is 10.5 Å². The lowest BCUT2D eigenvalue weighted by atomic mass is 10.1. The zero-order valence-corrected chi connectivity index (χ0v) is 13.5. The lowest BCUT2D eigenvalue weighted by Crippen LogP contribution is -2.34. The van der Waals surface area contributed by atoms with Crippen molar-refractivity contribution in [2.45, 2.75) is 24.3 Å². The second kappa shape index (κ2) is 6.52. The van der Waals surface area contributed by atoms with Crippen molar-refractivity contribution >= 4 is 26.0 Å². The minimum absolute atomic E-state index is 0.165. The smallest absolute Gasteiger partial charge is 0.208 e. The van der Waals surface area contributed by atoms with Gasteiger partial charge < -0.3 is 0 Å². The molecule has 2 aromatic carbocycles. The first kappa shape index (κ1) is 15.2. The molecule has 2 rings (SSSR count). The lowest BCUT2D eigenvalue weighted by molar-refractivity contribution is 0.560. The molecule has 1 atom stereocenters. The van der Waals surface area contributed by atoms with Crippen molar-refractivity contribution in [1.82, 2.24) is 4.72 Å². The van der Waals surface area contributed by atoms with E-state index in [4.69, 9.17) is 0 Å². The molecule has 1 N–H and O–H groups in total. The average molecular weight is 354 g/mol. The summed E-state index contributed by atoms with van der Waals surface area (Å²) in [7, 11) is -3.45. The maximum absolute atomic E-state index is 12.2. The first-order valence-electron chi connectivity index (χ1n) is 6.29. The molecule has 0 fully saturated rings. The molecule has 0 aromatic heterocycles. The normalized spacial score (nSPS) is 13.1. The Hall–Kier alpha value is -1.17. The summed E-state index contributed by atoms with van der Waals surface area (Å²) in [6.07, 6.45) is 0.652. The molecule has 3 nitrogen and oxygen atoms in total. The van der Waals surface area contributed by atoms with Crippen LogP contribution in [0.5, 0.6) is 0 Å². The molecule has 0 aliphatic rings. The topological polar surface area (TPSA) is 46.2 Å². The Morgan fingerprint density at radius 1 is 1.05 bits per heavy atom. The van der Waals surface area contributed by atoms with Crippen LogP contribution < -0.4 is 4.72 Å². The van der Waals surface area contributed by atoms with Crippen LogP contribution in [-0.2, 0) is 16.4 Å². The Morgan fingerprint density at radius 3 is 2.25 bits per heavy atom. The van der Waals surface area contributed by atoms with Gasteiger partial charge in [0.15, 0.2) is 0 Å². The molecule has 0 bridgehead atoms. The summed E-state index contributed by atoms with van der Waals surface area (Å²) in [6, 6.07) is 16.1. The molecule has 0 saturated heterocycles. The summed E-state index contributed by atoms with van der Waals surface area (Å²) in [5.41, 5.74) is 1.09. The number of halogens is 1. The Labute approximate surface area is 128 Å². The second-order valence-corrected chi connectivity index (χ2v) is 7.30. The Morgan fingerprint density at radius 2 is 1.65 bits per heavy atom. The van der Waals surface area contributed by atoms with Crippen LogP contribution in [0.15, 0.2) is 64.0 Å². The summed E-state index contributed by atoms with van der Waals surface area (Å²) in [5.74, 6) is 0. The SMILES string of the molecule is CC(Cc1ccc(Br)cc1)NS(=O)(=O)c1ccccc1. The van der Waals surface area contributed by atoms with Crippen LogP contribution >= 0.6 is 15.9 Å². The first-order valence-corrected chi connectivity index (χ1v) is 8.57. The summed E-state index contributed by atoms with van der Waals surface area (Å²) in [6.45, 7) is 1.86. The number of nitrogens with one attached hydrogen (secondary N) is 1. The van der Waals surface area contributed by atoms with Gasteiger partial charge in [0.2, 0.25) is 10.0 Å². The van der Waals surface area contributed by atoms with Crippen LogP contribution in [0, 0.1) is 0 Å². The van der Waals surface area contributed by atoms with Gasteiger partial charge in [0.05, 0.1) is 4.90 Å². The summed E-state index contributed by atoms with van der Waals surface area (Å²) >= 11 is 3.38. The molecule has 20 heavy (non-hydrogen) atoms. The predicted molar refractivity (Wildman–Crippen MR) is 84.1 cm³/mol. The molecule has 0 amide bonds. The molecule has 0 heterocycles. The molecule has 0 aliphatic carbocycles. The van der Waals surface area contributed by atoms with E-state index < -0.39 is 10.0 Å². The number of hydrogen-bond donors (Lipinski definition) is 1. The zero-order valence-electron chi connectivity index (χ0n) is 11.1. The average Bonchev–Trinajstić information content (AvgIpc) is 2.42. The molecular weight excluding hydrogens is 338 g/mol. The molecular formula is C15H16BrNO2S. The Bertz CT molecular complexity index is 654. The van der Waals surface area contributed by atoms with Crippen LogP contribution in [-0.4, -0.2) is 14.5 Å². The fraction of sp³-hybridized carbons (Fsp3) is 0.200. The fourth-order valence-corrected chi connectivity index (χ4v) is 3.48. The van der Waals surface area contributed by atoms with E-state index in [1.54, 1.807) is 30.3 Å². The molecule has 0 aliphatic heterocycles. The van der Waals surface area contributed by atoms with Gasteiger partial charge in [0.1, 0.15) is 0 Å². The number of sulfonamides is 1. The van der Waals surface area contributed by atoms with Crippen LogP contribution in [0.1, 0.15) is 12.5 Å². The van der Waals surface area contributed by atoms with Gasteiger partial charge in [-0.05, 0) is 43.2 Å². The van der Waals surface area contributed by atoms with E-state index >= 15 is 0 Å². The highest BCUT2D eigenvalue weighted by molar-refractivity contribution is 9.10. The van der Waals surface area contributed by atoms with Crippen LogP contribution in [0.25, 0.3) is 0 Å². The highest BCUT2D eigenvalue weighted by Gasteiger charge is 2.16. The van der Waals surface area contributed by atoms with E-state index in [0.29, 0.717) is 11.3 Å². The van der Waals surface area contributed by atoms with E-state index in [0.717, 1.165) is 10.0 Å². The largest absolute Gasteiger partial charge is 0.240 e. The van der Waals surface area contributed by atoms with Crippen LogP contribution in [0.4, 0.5) is 0 Å². The van der Waals surface area contributed by atoms with Crippen molar-refractivity contribution in [2.24, 2.45) is 0 Å². The van der Waals surface area contributed by atoms with Crippen LogP contribution in [0.3, 0.4) is 0 Å². The number of rotatable bonds is 5. The molecule has 5 heteroatoms. The van der Waals surface area contributed by atoms with Crippen molar-refractivity contribution in [3.05, 3.63) is 64.6 Å². The van der Waals surface area contributed by atoms with Gasteiger partial charge in [-0.1, -0.05) is 46.3 Å². The van der Waals surface area contributed by atoms with Gasteiger partial charge in [-0.3, -0.25) is 0 Å². The summed E-state index contributed by atoms with van der Waals surface area (Å²) in [4.78, 5) is 0.294. The number of hydrogen-bond acceptors (Lipinski definition) is 2. The fourth-order valence-electron chi connectivity index (χ4n) is 1.95. The second-order valence-electron chi connectivity index (χ2n) is 4.67. The van der Waals surface area contributed by atoms with E-state index in [9.17, 15) is 8.42 Å². The van der Waals surface area contributed by atoms with E-state index in [1.165, 1.54) is 0 Å². The van der Waals surface area contributed by atoms with Crippen LogP contribution in [0.2, 0.25) is 0 Å². The third-order valence-corrected chi connectivity index (χ3v) is 5.00. The van der Waals surface area contributed by atoms with Gasteiger partial charge >= 0.3 is 0 Å². The summed E-state index contributed by atoms with van der Waals surface area (Å²) < 4.78 is 28.0. The third kappa shape index (κ3) is 4.16. The van der Waals surface area contributed by atoms with Gasteiger partial charge in [0.25, 0.3) is 0 Å². The van der Waals surface area contributed by atoms with Crippen molar-refractivity contribution in [2.75, 3.05) is 0 Å². The van der Waals surface area contributed by atoms with Crippen molar-refractivity contribution in [1.29, 1.82) is 0 Å². The highest BCUT2D eigenvalue weighted by Crippen LogP contribution is 2.13. The van der Waals surface area contributed by atoms with E-state index in [2.05, 4.69) is 20.7 Å². The maximum atomic E-state index is 12.2. The minimum Gasteiger partial charge on any atom is -0.208 e. The first-order chi connectivity index (χ1) is 9.47. The van der Waals surface area contributed by atoms with Crippen molar-refractivity contribution in [3.63, 3.8) is 0 Å². The van der Waals surface area contributed by atoms with Crippen molar-refractivity contribution < 1.29 is 8.42 Å². The highest BCUT2D eigenvalue weighted by atomic mass is 79.9. The quantitative estimate of drug-likeness (QED) is 0.895. The van der Waals surface area contributed by atoms with Gasteiger partial charge in [-0.25, -0.2) is 13.1 Å². The van der Waals surface area contributed by atoms with E-state index in [1.807, 2.05) is 31.2 Å². The van der Waals surface area contributed by atoms with Gasteiger partial charge in [-0.15, -0.1) is 0 Å². The van der Waals surface area contributed by atoms with Gasteiger partial charge in [-0.2, -0.15) is 0 Å². The van der Waals surface area contributed by atoms with Crippen molar-refractivity contribution in [3.8, 4) is 0 Å². The molecule has 0 radical (unpaired) electrons.